The summed E-state index contributed by atoms with van der Waals surface area (Å²) in [6.07, 6.45) is 6.34. The van der Waals surface area contributed by atoms with Gasteiger partial charge in [0.2, 0.25) is 0 Å². The molecule has 13 heavy (non-hydrogen) atoms. The zero-order valence-electron chi connectivity index (χ0n) is 7.86. The van der Waals surface area contributed by atoms with Crippen LogP contribution < -0.4 is 5.73 Å². The highest BCUT2D eigenvalue weighted by Gasteiger charge is 2.68. The van der Waals surface area contributed by atoms with Crippen molar-refractivity contribution in [2.24, 2.45) is 11.7 Å². The summed E-state index contributed by atoms with van der Waals surface area (Å²) in [6, 6.07) is 0. The van der Waals surface area contributed by atoms with Gasteiger partial charge in [-0.05, 0) is 18.8 Å². The normalized spacial score (nSPS) is 38.1. The lowest BCUT2D eigenvalue weighted by Gasteiger charge is -2.13. The van der Waals surface area contributed by atoms with E-state index in [0.717, 1.165) is 6.42 Å². The molecule has 0 aromatic carbocycles. The van der Waals surface area contributed by atoms with Crippen LogP contribution in [0.3, 0.4) is 0 Å². The maximum absolute atomic E-state index is 12.7. The molecule has 0 saturated heterocycles. The minimum atomic E-state index is -2.56. The van der Waals surface area contributed by atoms with Crippen molar-refractivity contribution in [2.75, 3.05) is 0 Å². The van der Waals surface area contributed by atoms with Gasteiger partial charge in [0.05, 0.1) is 5.54 Å². The van der Waals surface area contributed by atoms with Gasteiger partial charge in [0, 0.05) is 6.42 Å². The second kappa shape index (κ2) is 2.91. The fourth-order valence-electron chi connectivity index (χ4n) is 2.38. The highest BCUT2D eigenvalue weighted by Crippen LogP contribution is 2.54. The highest BCUT2D eigenvalue weighted by molar-refractivity contribution is 5.15. The molecular formula is C10H17F2N. The van der Waals surface area contributed by atoms with Crippen LogP contribution >= 0.6 is 0 Å². The zero-order valence-corrected chi connectivity index (χ0v) is 7.86. The fraction of sp³-hybridized carbons (Fsp3) is 1.00. The Labute approximate surface area is 77.7 Å². The Morgan fingerprint density at radius 3 is 2.23 bits per heavy atom. The first-order valence-corrected chi connectivity index (χ1v) is 5.20. The van der Waals surface area contributed by atoms with Gasteiger partial charge in [0.15, 0.2) is 0 Å². The third kappa shape index (κ3) is 1.71. The maximum Gasteiger partial charge on any atom is 0.267 e. The summed E-state index contributed by atoms with van der Waals surface area (Å²) in [5, 5.41) is 0. The van der Waals surface area contributed by atoms with Crippen molar-refractivity contribution < 1.29 is 8.78 Å². The van der Waals surface area contributed by atoms with Crippen molar-refractivity contribution in [2.45, 2.75) is 56.4 Å². The number of hydrogen-bond donors (Lipinski definition) is 1. The molecule has 1 atom stereocenters. The van der Waals surface area contributed by atoms with E-state index in [1.807, 2.05) is 0 Å². The third-order valence-corrected chi connectivity index (χ3v) is 3.61. The lowest BCUT2D eigenvalue weighted by Crippen LogP contribution is -2.30. The first kappa shape index (κ1) is 9.38. The predicted molar refractivity (Wildman–Crippen MR) is 47.7 cm³/mol. The molecule has 0 heterocycles. The van der Waals surface area contributed by atoms with Gasteiger partial charge in [-0.15, -0.1) is 0 Å². The molecule has 2 aliphatic carbocycles. The molecule has 2 aliphatic rings. The molecule has 0 amide bonds. The molecule has 2 fully saturated rings. The average molecular weight is 189 g/mol. The van der Waals surface area contributed by atoms with Crippen LogP contribution in [0.2, 0.25) is 0 Å². The number of nitrogens with two attached hydrogens (primary N) is 1. The van der Waals surface area contributed by atoms with Crippen molar-refractivity contribution in [3.8, 4) is 0 Å². The largest absolute Gasteiger partial charge is 0.320 e. The summed E-state index contributed by atoms with van der Waals surface area (Å²) in [6.45, 7) is 0. The molecule has 0 aromatic heterocycles. The Bertz CT molecular complexity index is 199. The average Bonchev–Trinajstić information content (AvgIpc) is 2.53. The van der Waals surface area contributed by atoms with Crippen LogP contribution in [0.5, 0.6) is 0 Å². The van der Waals surface area contributed by atoms with Crippen LogP contribution in [0.25, 0.3) is 0 Å². The van der Waals surface area contributed by atoms with Crippen LogP contribution in [-0.4, -0.2) is 11.5 Å². The van der Waals surface area contributed by atoms with E-state index in [0.29, 0.717) is 12.3 Å². The van der Waals surface area contributed by atoms with Gasteiger partial charge < -0.3 is 5.73 Å². The molecule has 0 bridgehead atoms. The lowest BCUT2D eigenvalue weighted by atomic mass is 9.97. The molecule has 2 N–H and O–H groups in total. The standard InChI is InChI=1S/C10H17F2N/c11-10(12)7-9(10,13)6-5-8-3-1-2-4-8/h8H,1-7,13H2. The molecule has 0 radical (unpaired) electrons. The quantitative estimate of drug-likeness (QED) is 0.725. The Morgan fingerprint density at radius 1 is 1.23 bits per heavy atom. The second-order valence-electron chi connectivity index (χ2n) is 4.73. The van der Waals surface area contributed by atoms with E-state index in [4.69, 9.17) is 5.73 Å². The first-order chi connectivity index (χ1) is 6.04. The van der Waals surface area contributed by atoms with Crippen molar-refractivity contribution in [1.82, 2.24) is 0 Å². The molecule has 3 heteroatoms. The van der Waals surface area contributed by atoms with E-state index in [-0.39, 0.29) is 6.42 Å². The summed E-state index contributed by atoms with van der Waals surface area (Å²) in [7, 11) is 0. The van der Waals surface area contributed by atoms with Gasteiger partial charge in [-0.1, -0.05) is 25.7 Å². The number of rotatable bonds is 3. The molecule has 1 unspecified atom stereocenters. The van der Waals surface area contributed by atoms with Crippen LogP contribution in [0.15, 0.2) is 0 Å². The Balaban J connectivity index is 1.74. The van der Waals surface area contributed by atoms with E-state index in [1.54, 1.807) is 0 Å². The van der Waals surface area contributed by atoms with Crippen molar-refractivity contribution >= 4 is 0 Å². The molecule has 0 spiro atoms. The molecule has 2 rings (SSSR count). The number of halogens is 2. The van der Waals surface area contributed by atoms with E-state index in [9.17, 15) is 8.78 Å². The zero-order chi connectivity index (χ0) is 9.53. The van der Waals surface area contributed by atoms with E-state index in [2.05, 4.69) is 0 Å². The van der Waals surface area contributed by atoms with Gasteiger partial charge in [0.1, 0.15) is 0 Å². The smallest absolute Gasteiger partial charge is 0.267 e. The summed E-state index contributed by atoms with van der Waals surface area (Å²) in [4.78, 5) is 0. The number of alkyl halides is 2. The van der Waals surface area contributed by atoms with Gasteiger partial charge >= 0.3 is 0 Å². The number of hydrogen-bond acceptors (Lipinski definition) is 1. The second-order valence-corrected chi connectivity index (χ2v) is 4.73. The lowest BCUT2D eigenvalue weighted by molar-refractivity contribution is 0.0854. The van der Waals surface area contributed by atoms with Crippen molar-refractivity contribution in [3.05, 3.63) is 0 Å². The SMILES string of the molecule is NC1(CCC2CCCC2)CC1(F)F. The summed E-state index contributed by atoms with van der Waals surface area (Å²) in [5.41, 5.74) is 4.42. The van der Waals surface area contributed by atoms with Gasteiger partial charge in [-0.3, -0.25) is 0 Å². The van der Waals surface area contributed by atoms with Gasteiger partial charge in [-0.25, -0.2) is 8.78 Å². The van der Waals surface area contributed by atoms with Gasteiger partial charge in [0.25, 0.3) is 5.92 Å². The van der Waals surface area contributed by atoms with Crippen molar-refractivity contribution in [1.29, 1.82) is 0 Å². The van der Waals surface area contributed by atoms with Crippen LogP contribution in [0.4, 0.5) is 8.78 Å². The monoisotopic (exact) mass is 189 g/mol. The minimum absolute atomic E-state index is 0.0906. The summed E-state index contributed by atoms with van der Waals surface area (Å²) >= 11 is 0. The fourth-order valence-corrected chi connectivity index (χ4v) is 2.38. The molecule has 76 valence electrons. The van der Waals surface area contributed by atoms with E-state index < -0.39 is 11.5 Å². The van der Waals surface area contributed by atoms with Crippen LogP contribution in [0.1, 0.15) is 44.9 Å². The molecular weight excluding hydrogens is 172 g/mol. The first-order valence-electron chi connectivity index (χ1n) is 5.20. The van der Waals surface area contributed by atoms with Crippen LogP contribution in [0, 0.1) is 5.92 Å². The third-order valence-electron chi connectivity index (χ3n) is 3.61. The molecule has 0 aromatic rings. The minimum Gasteiger partial charge on any atom is -0.320 e. The molecule has 0 aliphatic heterocycles. The van der Waals surface area contributed by atoms with Crippen molar-refractivity contribution in [3.63, 3.8) is 0 Å². The Morgan fingerprint density at radius 2 is 1.77 bits per heavy atom. The van der Waals surface area contributed by atoms with Gasteiger partial charge in [-0.2, -0.15) is 0 Å². The maximum atomic E-state index is 12.7. The Kier molecular flexibility index (Phi) is 2.10. The highest BCUT2D eigenvalue weighted by atomic mass is 19.3. The molecule has 1 nitrogen and oxygen atoms in total. The van der Waals surface area contributed by atoms with E-state index in [1.165, 1.54) is 25.7 Å². The predicted octanol–water partition coefficient (Wildman–Crippen LogP) is 2.69. The Hall–Kier alpha value is -0.180. The summed E-state index contributed by atoms with van der Waals surface area (Å²) < 4.78 is 25.5. The molecule has 2 saturated carbocycles. The topological polar surface area (TPSA) is 26.0 Å². The summed E-state index contributed by atoms with van der Waals surface area (Å²) in [5.74, 6) is -1.89. The van der Waals surface area contributed by atoms with E-state index >= 15 is 0 Å². The van der Waals surface area contributed by atoms with Crippen LogP contribution in [-0.2, 0) is 0 Å².